The zero-order chi connectivity index (χ0) is 12.5. The average molecular weight is 233 g/mol. The van der Waals surface area contributed by atoms with Crippen LogP contribution in [0.1, 0.15) is 24.4 Å². The maximum absolute atomic E-state index is 11.7. The standard InChI is InChI=1S/C14H19NO2/c1-3-4-8-11-15-13(14(16)17-2)12-9-6-5-7-10-12/h3,5-7,9-10,13,15H,1,4,8,11H2,2H3. The Balaban J connectivity index is 2.61. The van der Waals surface area contributed by atoms with Crippen molar-refractivity contribution in [2.24, 2.45) is 0 Å². The van der Waals surface area contributed by atoms with E-state index in [0.29, 0.717) is 0 Å². The van der Waals surface area contributed by atoms with Crippen molar-refractivity contribution in [1.82, 2.24) is 5.32 Å². The Morgan fingerprint density at radius 2 is 2.18 bits per heavy atom. The van der Waals surface area contributed by atoms with Gasteiger partial charge in [0.05, 0.1) is 7.11 Å². The van der Waals surface area contributed by atoms with E-state index in [1.165, 1.54) is 7.11 Å². The van der Waals surface area contributed by atoms with E-state index < -0.39 is 0 Å². The number of unbranched alkanes of at least 4 members (excludes halogenated alkanes) is 1. The molecule has 17 heavy (non-hydrogen) atoms. The molecule has 1 atom stereocenters. The first-order chi connectivity index (χ1) is 8.29. The minimum absolute atomic E-state index is 0.255. The predicted octanol–water partition coefficient (Wildman–Crippen LogP) is 2.46. The molecule has 1 N–H and O–H groups in total. The van der Waals surface area contributed by atoms with Gasteiger partial charge in [0.2, 0.25) is 0 Å². The summed E-state index contributed by atoms with van der Waals surface area (Å²) in [5.74, 6) is -0.255. The maximum Gasteiger partial charge on any atom is 0.327 e. The Bertz CT molecular complexity index is 348. The van der Waals surface area contributed by atoms with E-state index >= 15 is 0 Å². The topological polar surface area (TPSA) is 38.3 Å². The van der Waals surface area contributed by atoms with Gasteiger partial charge in [-0.3, -0.25) is 0 Å². The quantitative estimate of drug-likeness (QED) is 0.446. The molecule has 92 valence electrons. The van der Waals surface area contributed by atoms with E-state index in [2.05, 4.69) is 11.9 Å². The third-order valence-corrected chi connectivity index (χ3v) is 2.50. The van der Waals surface area contributed by atoms with Crippen LogP contribution in [0, 0.1) is 0 Å². The molecule has 1 aromatic carbocycles. The lowest BCUT2D eigenvalue weighted by Gasteiger charge is -2.16. The number of nitrogens with one attached hydrogen (secondary N) is 1. The highest BCUT2D eigenvalue weighted by molar-refractivity contribution is 5.77. The van der Waals surface area contributed by atoms with Crippen LogP contribution in [0.2, 0.25) is 0 Å². The highest BCUT2D eigenvalue weighted by Crippen LogP contribution is 2.13. The third-order valence-electron chi connectivity index (χ3n) is 2.50. The van der Waals surface area contributed by atoms with Gasteiger partial charge >= 0.3 is 5.97 Å². The molecule has 0 aliphatic carbocycles. The Morgan fingerprint density at radius 3 is 2.76 bits per heavy atom. The number of hydrogen-bond acceptors (Lipinski definition) is 3. The van der Waals surface area contributed by atoms with E-state index in [4.69, 9.17) is 4.74 Å². The molecule has 0 aromatic heterocycles. The zero-order valence-electron chi connectivity index (χ0n) is 10.2. The predicted molar refractivity (Wildman–Crippen MR) is 68.6 cm³/mol. The lowest BCUT2D eigenvalue weighted by atomic mass is 10.1. The van der Waals surface area contributed by atoms with Crippen molar-refractivity contribution in [2.45, 2.75) is 18.9 Å². The summed E-state index contributed by atoms with van der Waals surface area (Å²) >= 11 is 0. The molecule has 0 fully saturated rings. The first-order valence-electron chi connectivity index (χ1n) is 5.76. The van der Waals surface area contributed by atoms with Gasteiger partial charge < -0.3 is 10.1 Å². The lowest BCUT2D eigenvalue weighted by Crippen LogP contribution is -2.30. The molecule has 0 aliphatic heterocycles. The van der Waals surface area contributed by atoms with Crippen molar-refractivity contribution in [3.8, 4) is 0 Å². The monoisotopic (exact) mass is 233 g/mol. The number of allylic oxidation sites excluding steroid dienone is 1. The molecular weight excluding hydrogens is 214 g/mol. The van der Waals surface area contributed by atoms with Crippen molar-refractivity contribution in [3.63, 3.8) is 0 Å². The van der Waals surface area contributed by atoms with Crippen molar-refractivity contribution in [3.05, 3.63) is 48.6 Å². The molecule has 0 heterocycles. The van der Waals surface area contributed by atoms with Crippen LogP contribution in [-0.2, 0) is 9.53 Å². The lowest BCUT2D eigenvalue weighted by molar-refractivity contribution is -0.143. The van der Waals surface area contributed by atoms with Gasteiger partial charge in [0, 0.05) is 0 Å². The normalized spacial score (nSPS) is 11.8. The molecule has 0 amide bonds. The van der Waals surface area contributed by atoms with Crippen LogP contribution in [-0.4, -0.2) is 19.6 Å². The molecule has 0 saturated carbocycles. The van der Waals surface area contributed by atoms with Crippen molar-refractivity contribution in [2.75, 3.05) is 13.7 Å². The first-order valence-corrected chi connectivity index (χ1v) is 5.76. The SMILES string of the molecule is C=CCCCNC(C(=O)OC)c1ccccc1. The van der Waals surface area contributed by atoms with Crippen molar-refractivity contribution < 1.29 is 9.53 Å². The van der Waals surface area contributed by atoms with Crippen LogP contribution in [0.3, 0.4) is 0 Å². The minimum Gasteiger partial charge on any atom is -0.468 e. The molecule has 1 unspecified atom stereocenters. The van der Waals surface area contributed by atoms with Crippen LogP contribution < -0.4 is 5.32 Å². The second-order valence-electron chi connectivity index (χ2n) is 3.75. The fourth-order valence-electron chi connectivity index (χ4n) is 1.59. The van der Waals surface area contributed by atoms with E-state index in [0.717, 1.165) is 24.9 Å². The Labute approximate surface area is 102 Å². The van der Waals surface area contributed by atoms with Crippen LogP contribution in [0.15, 0.2) is 43.0 Å². The summed E-state index contributed by atoms with van der Waals surface area (Å²) in [6, 6.07) is 9.21. The summed E-state index contributed by atoms with van der Waals surface area (Å²) in [5, 5.41) is 3.20. The summed E-state index contributed by atoms with van der Waals surface area (Å²) in [7, 11) is 1.41. The summed E-state index contributed by atoms with van der Waals surface area (Å²) in [6.45, 7) is 4.43. The maximum atomic E-state index is 11.7. The Hall–Kier alpha value is -1.61. The minimum atomic E-state index is -0.383. The highest BCUT2D eigenvalue weighted by atomic mass is 16.5. The van der Waals surface area contributed by atoms with Crippen LogP contribution >= 0.6 is 0 Å². The summed E-state index contributed by atoms with van der Waals surface area (Å²) in [6.07, 6.45) is 3.77. The van der Waals surface area contributed by atoms with Crippen LogP contribution in [0.4, 0.5) is 0 Å². The summed E-state index contributed by atoms with van der Waals surface area (Å²) < 4.78 is 4.80. The molecule has 0 bridgehead atoms. The van der Waals surface area contributed by atoms with Gasteiger partial charge in [0.25, 0.3) is 0 Å². The fourth-order valence-corrected chi connectivity index (χ4v) is 1.59. The highest BCUT2D eigenvalue weighted by Gasteiger charge is 2.19. The summed E-state index contributed by atoms with van der Waals surface area (Å²) in [5.41, 5.74) is 0.929. The molecule has 1 aromatic rings. The van der Waals surface area contributed by atoms with Crippen LogP contribution in [0.5, 0.6) is 0 Å². The molecule has 0 aliphatic rings. The van der Waals surface area contributed by atoms with Crippen molar-refractivity contribution >= 4 is 5.97 Å². The molecular formula is C14H19NO2. The van der Waals surface area contributed by atoms with Gasteiger partial charge in [0.15, 0.2) is 0 Å². The second kappa shape index (κ2) is 7.63. The van der Waals surface area contributed by atoms with E-state index in [1.54, 1.807) is 0 Å². The van der Waals surface area contributed by atoms with Gasteiger partial charge in [-0.15, -0.1) is 6.58 Å². The Kier molecular flexibility index (Phi) is 6.04. The van der Waals surface area contributed by atoms with Gasteiger partial charge in [-0.05, 0) is 24.9 Å². The Morgan fingerprint density at radius 1 is 1.47 bits per heavy atom. The first kappa shape index (κ1) is 13.5. The number of rotatable bonds is 7. The largest absolute Gasteiger partial charge is 0.468 e. The number of methoxy groups -OCH3 is 1. The van der Waals surface area contributed by atoms with Crippen molar-refractivity contribution in [1.29, 1.82) is 0 Å². The van der Waals surface area contributed by atoms with E-state index in [1.807, 2.05) is 36.4 Å². The van der Waals surface area contributed by atoms with Gasteiger partial charge in [-0.25, -0.2) is 4.79 Å². The molecule has 0 saturated heterocycles. The van der Waals surface area contributed by atoms with Gasteiger partial charge in [-0.2, -0.15) is 0 Å². The molecule has 0 spiro atoms. The number of carbonyl (C=O) groups is 1. The smallest absolute Gasteiger partial charge is 0.327 e. The number of hydrogen-bond donors (Lipinski definition) is 1. The number of carbonyl (C=O) groups excluding carboxylic acids is 1. The molecule has 3 heteroatoms. The van der Waals surface area contributed by atoms with E-state index in [-0.39, 0.29) is 12.0 Å². The van der Waals surface area contributed by atoms with Gasteiger partial charge in [-0.1, -0.05) is 36.4 Å². The molecule has 1 rings (SSSR count). The molecule has 0 radical (unpaired) electrons. The summed E-state index contributed by atoms with van der Waals surface area (Å²) in [4.78, 5) is 11.7. The number of ether oxygens (including phenoxy) is 1. The average Bonchev–Trinajstić information content (AvgIpc) is 2.39. The number of benzene rings is 1. The van der Waals surface area contributed by atoms with Gasteiger partial charge in [0.1, 0.15) is 6.04 Å². The molecule has 3 nitrogen and oxygen atoms in total. The van der Waals surface area contributed by atoms with Crippen LogP contribution in [0.25, 0.3) is 0 Å². The van der Waals surface area contributed by atoms with E-state index in [9.17, 15) is 4.79 Å². The third kappa shape index (κ3) is 4.41. The number of esters is 1. The second-order valence-corrected chi connectivity index (χ2v) is 3.75. The zero-order valence-corrected chi connectivity index (χ0v) is 10.2. The fraction of sp³-hybridized carbons (Fsp3) is 0.357.